The lowest BCUT2D eigenvalue weighted by Crippen LogP contribution is -2.21. The molecule has 2 amide bonds. The van der Waals surface area contributed by atoms with E-state index in [9.17, 15) is 4.79 Å². The second-order valence-electron chi connectivity index (χ2n) is 5.17. The summed E-state index contributed by atoms with van der Waals surface area (Å²) in [6.45, 7) is 4.51. The van der Waals surface area contributed by atoms with E-state index in [1.54, 1.807) is 6.07 Å². The molecule has 2 rings (SSSR count). The topological polar surface area (TPSA) is 99.2 Å². The van der Waals surface area contributed by atoms with Crippen LogP contribution in [0.3, 0.4) is 0 Å². The van der Waals surface area contributed by atoms with E-state index in [1.807, 2.05) is 38.1 Å². The smallest absolute Gasteiger partial charge is 0.326 e. The number of hydrogen-bond donors (Lipinski definition) is 4. The Morgan fingerprint density at radius 3 is 2.57 bits per heavy atom. The van der Waals surface area contributed by atoms with Gasteiger partial charge in [0.15, 0.2) is 0 Å². The summed E-state index contributed by atoms with van der Waals surface area (Å²) in [5, 5.41) is 17.2. The lowest BCUT2D eigenvalue weighted by molar-refractivity contribution is 0.262. The van der Waals surface area contributed by atoms with Crippen LogP contribution in [0.4, 0.5) is 22.2 Å². The van der Waals surface area contributed by atoms with E-state index in [0.717, 1.165) is 11.3 Å². The van der Waals surface area contributed by atoms with Crippen molar-refractivity contribution in [3.8, 4) is 0 Å². The number of carbonyl (C=O) groups excluding carboxylic acids is 1. The Bertz CT molecular complexity index is 658. The van der Waals surface area contributed by atoms with Crippen LogP contribution in [0.5, 0.6) is 0 Å². The minimum absolute atomic E-state index is 0.112. The van der Waals surface area contributed by atoms with Gasteiger partial charge in [0.2, 0.25) is 5.95 Å². The number of hydrogen-bond acceptors (Lipinski definition) is 5. The fourth-order valence-corrected chi connectivity index (χ4v) is 1.91. The minimum Gasteiger partial charge on any atom is -0.396 e. The van der Waals surface area contributed by atoms with Crippen molar-refractivity contribution in [2.24, 2.45) is 0 Å². The van der Waals surface area contributed by atoms with Crippen molar-refractivity contribution in [2.45, 2.75) is 20.3 Å². The van der Waals surface area contributed by atoms with Gasteiger partial charge in [-0.3, -0.25) is 5.32 Å². The molecule has 122 valence electrons. The highest BCUT2D eigenvalue weighted by atomic mass is 16.3. The second kappa shape index (κ2) is 8.09. The molecule has 0 aliphatic rings. The lowest BCUT2D eigenvalue weighted by atomic mass is 10.2. The standard InChI is InChI=1S/C16H21N5O2/c1-11-4-6-13(7-5-11)19-16(23)21-15-18-12(2)10-14(20-15)17-8-3-9-22/h4-7,10,22H,3,8-9H2,1-2H3,(H3,17,18,19,20,21,23). The molecule has 7 heteroatoms. The number of rotatable bonds is 6. The van der Waals surface area contributed by atoms with Gasteiger partial charge < -0.3 is 15.7 Å². The summed E-state index contributed by atoms with van der Waals surface area (Å²) in [5.41, 5.74) is 2.55. The Morgan fingerprint density at radius 2 is 1.87 bits per heavy atom. The van der Waals surface area contributed by atoms with E-state index in [4.69, 9.17) is 5.11 Å². The van der Waals surface area contributed by atoms with Crippen molar-refractivity contribution in [1.29, 1.82) is 0 Å². The SMILES string of the molecule is Cc1ccc(NC(=O)Nc2nc(C)cc(NCCCO)n2)cc1. The van der Waals surface area contributed by atoms with E-state index >= 15 is 0 Å². The third-order valence-electron chi connectivity index (χ3n) is 3.03. The zero-order valence-corrected chi connectivity index (χ0v) is 13.3. The molecule has 0 saturated heterocycles. The molecule has 1 aromatic carbocycles. The van der Waals surface area contributed by atoms with Gasteiger partial charge in [-0.1, -0.05) is 17.7 Å². The van der Waals surface area contributed by atoms with Gasteiger partial charge in [-0.05, 0) is 32.4 Å². The zero-order chi connectivity index (χ0) is 16.7. The number of aliphatic hydroxyl groups excluding tert-OH is 1. The first-order chi connectivity index (χ1) is 11.1. The second-order valence-corrected chi connectivity index (χ2v) is 5.17. The maximum absolute atomic E-state index is 12.0. The fourth-order valence-electron chi connectivity index (χ4n) is 1.91. The summed E-state index contributed by atoms with van der Waals surface area (Å²) in [6.07, 6.45) is 0.625. The largest absolute Gasteiger partial charge is 0.396 e. The number of urea groups is 1. The van der Waals surface area contributed by atoms with Crippen molar-refractivity contribution < 1.29 is 9.90 Å². The summed E-state index contributed by atoms with van der Waals surface area (Å²) in [6, 6.07) is 8.87. The van der Waals surface area contributed by atoms with Gasteiger partial charge in [-0.2, -0.15) is 4.98 Å². The Morgan fingerprint density at radius 1 is 1.13 bits per heavy atom. The van der Waals surface area contributed by atoms with E-state index in [0.29, 0.717) is 24.5 Å². The third kappa shape index (κ3) is 5.55. The zero-order valence-electron chi connectivity index (χ0n) is 13.3. The highest BCUT2D eigenvalue weighted by molar-refractivity contribution is 5.98. The maximum atomic E-state index is 12.0. The molecule has 2 aromatic rings. The van der Waals surface area contributed by atoms with Crippen LogP contribution in [0.25, 0.3) is 0 Å². The Labute approximate surface area is 135 Å². The predicted molar refractivity (Wildman–Crippen MR) is 90.8 cm³/mol. The first kappa shape index (κ1) is 16.7. The molecule has 0 radical (unpaired) electrons. The number of benzene rings is 1. The Balaban J connectivity index is 1.98. The van der Waals surface area contributed by atoms with Crippen molar-refractivity contribution in [2.75, 3.05) is 29.1 Å². The average molecular weight is 315 g/mol. The normalized spacial score (nSPS) is 10.2. The first-order valence-electron chi connectivity index (χ1n) is 7.42. The molecule has 0 fully saturated rings. The quantitative estimate of drug-likeness (QED) is 0.614. The predicted octanol–water partition coefficient (Wildman–Crippen LogP) is 2.53. The molecular formula is C16H21N5O2. The summed E-state index contributed by atoms with van der Waals surface area (Å²) in [4.78, 5) is 20.4. The van der Waals surface area contributed by atoms with Crippen LogP contribution in [0.1, 0.15) is 17.7 Å². The van der Waals surface area contributed by atoms with E-state index in [-0.39, 0.29) is 12.6 Å². The third-order valence-corrected chi connectivity index (χ3v) is 3.03. The van der Waals surface area contributed by atoms with Gasteiger partial charge in [-0.25, -0.2) is 9.78 Å². The molecule has 7 nitrogen and oxygen atoms in total. The van der Waals surface area contributed by atoms with Crippen molar-refractivity contribution in [3.05, 3.63) is 41.6 Å². The molecule has 4 N–H and O–H groups in total. The van der Waals surface area contributed by atoms with Crippen LogP contribution in [-0.4, -0.2) is 34.3 Å². The number of nitrogens with one attached hydrogen (secondary N) is 3. The summed E-state index contributed by atoms with van der Waals surface area (Å²) in [5.74, 6) is 0.831. The number of carbonyl (C=O) groups is 1. The molecule has 0 spiro atoms. The molecule has 0 aliphatic carbocycles. The number of aryl methyl sites for hydroxylation is 2. The summed E-state index contributed by atoms with van der Waals surface area (Å²) >= 11 is 0. The van der Waals surface area contributed by atoms with Crippen molar-refractivity contribution >= 4 is 23.5 Å². The van der Waals surface area contributed by atoms with Gasteiger partial charge in [0.1, 0.15) is 5.82 Å². The monoisotopic (exact) mass is 315 g/mol. The molecule has 23 heavy (non-hydrogen) atoms. The molecule has 1 heterocycles. The van der Waals surface area contributed by atoms with E-state index in [2.05, 4.69) is 25.9 Å². The maximum Gasteiger partial charge on any atom is 0.326 e. The fraction of sp³-hybridized carbons (Fsp3) is 0.312. The van der Waals surface area contributed by atoms with Gasteiger partial charge in [0.05, 0.1) is 0 Å². The Hall–Kier alpha value is -2.67. The van der Waals surface area contributed by atoms with Crippen molar-refractivity contribution in [3.63, 3.8) is 0 Å². The lowest BCUT2D eigenvalue weighted by Gasteiger charge is -2.10. The molecule has 0 bridgehead atoms. The molecular weight excluding hydrogens is 294 g/mol. The molecule has 0 aliphatic heterocycles. The number of aliphatic hydroxyl groups is 1. The minimum atomic E-state index is -0.402. The molecule has 0 atom stereocenters. The van der Waals surface area contributed by atoms with E-state index < -0.39 is 6.03 Å². The van der Waals surface area contributed by atoms with Crippen LogP contribution < -0.4 is 16.0 Å². The van der Waals surface area contributed by atoms with Crippen LogP contribution in [0, 0.1) is 13.8 Å². The van der Waals surface area contributed by atoms with E-state index in [1.165, 1.54) is 0 Å². The number of aromatic nitrogens is 2. The number of nitrogens with zero attached hydrogens (tertiary/aromatic N) is 2. The number of anilines is 3. The highest BCUT2D eigenvalue weighted by Gasteiger charge is 2.07. The Kier molecular flexibility index (Phi) is 5.87. The van der Waals surface area contributed by atoms with Crippen LogP contribution in [0.15, 0.2) is 30.3 Å². The molecule has 0 unspecified atom stereocenters. The van der Waals surface area contributed by atoms with Gasteiger partial charge in [0.25, 0.3) is 0 Å². The van der Waals surface area contributed by atoms with Gasteiger partial charge in [0, 0.05) is 30.6 Å². The van der Waals surface area contributed by atoms with Crippen LogP contribution >= 0.6 is 0 Å². The van der Waals surface area contributed by atoms with Crippen LogP contribution in [-0.2, 0) is 0 Å². The summed E-state index contributed by atoms with van der Waals surface area (Å²) < 4.78 is 0. The number of amides is 2. The first-order valence-corrected chi connectivity index (χ1v) is 7.42. The van der Waals surface area contributed by atoms with Crippen LogP contribution in [0.2, 0.25) is 0 Å². The molecule has 1 aromatic heterocycles. The average Bonchev–Trinajstić information content (AvgIpc) is 2.49. The highest BCUT2D eigenvalue weighted by Crippen LogP contribution is 2.11. The molecule has 0 saturated carbocycles. The van der Waals surface area contributed by atoms with Gasteiger partial charge in [-0.15, -0.1) is 0 Å². The van der Waals surface area contributed by atoms with Crippen molar-refractivity contribution in [1.82, 2.24) is 9.97 Å². The van der Waals surface area contributed by atoms with Gasteiger partial charge >= 0.3 is 6.03 Å². The summed E-state index contributed by atoms with van der Waals surface area (Å²) in [7, 11) is 0.